The van der Waals surface area contributed by atoms with Crippen LogP contribution < -0.4 is 22.1 Å². The van der Waals surface area contributed by atoms with Crippen LogP contribution in [0.5, 0.6) is 0 Å². The summed E-state index contributed by atoms with van der Waals surface area (Å²) in [4.78, 5) is 35.1. The maximum atomic E-state index is 12.1. The number of carbonyl (C=O) groups excluding carboxylic acids is 3. The van der Waals surface area contributed by atoms with Gasteiger partial charge in [0.2, 0.25) is 17.7 Å². The van der Waals surface area contributed by atoms with Crippen molar-refractivity contribution in [3.05, 3.63) is 0 Å². The van der Waals surface area contributed by atoms with E-state index >= 15 is 0 Å². The summed E-state index contributed by atoms with van der Waals surface area (Å²) < 4.78 is 0. The average Bonchev–Trinajstić information content (AvgIpc) is 2.51. The number of carbonyl (C=O) groups is 3. The lowest BCUT2D eigenvalue weighted by Crippen LogP contribution is -2.50. The first kappa shape index (κ1) is 19.4. The fraction of sp³-hybridized carbons (Fsp3) is 0.812. The Kier molecular flexibility index (Phi) is 8.02. The molecule has 0 aromatic heterocycles. The van der Waals surface area contributed by atoms with Crippen molar-refractivity contribution in [3.63, 3.8) is 0 Å². The van der Waals surface area contributed by atoms with E-state index in [1.807, 2.05) is 13.8 Å². The Morgan fingerprint density at radius 3 is 2.26 bits per heavy atom. The molecule has 0 aromatic rings. The summed E-state index contributed by atoms with van der Waals surface area (Å²) in [5.74, 6) is -0.811. The van der Waals surface area contributed by atoms with E-state index in [9.17, 15) is 14.4 Å². The quantitative estimate of drug-likeness (QED) is 0.501. The molecule has 0 saturated heterocycles. The third-order valence-corrected chi connectivity index (χ3v) is 4.43. The summed E-state index contributed by atoms with van der Waals surface area (Å²) in [6.45, 7) is 3.55. The predicted molar refractivity (Wildman–Crippen MR) is 88.1 cm³/mol. The molecule has 0 heterocycles. The second kappa shape index (κ2) is 9.50. The van der Waals surface area contributed by atoms with E-state index < -0.39 is 11.9 Å². The van der Waals surface area contributed by atoms with Crippen LogP contribution in [0.2, 0.25) is 0 Å². The zero-order valence-corrected chi connectivity index (χ0v) is 14.1. The zero-order valence-electron chi connectivity index (χ0n) is 14.1. The average molecular weight is 326 g/mol. The number of nitrogens with one attached hydrogen (secondary N) is 2. The summed E-state index contributed by atoms with van der Waals surface area (Å²) in [5.41, 5.74) is 11.0. The van der Waals surface area contributed by atoms with Crippen molar-refractivity contribution in [2.45, 2.75) is 64.5 Å². The smallest absolute Gasteiger partial charge is 0.239 e. The zero-order chi connectivity index (χ0) is 17.4. The first-order chi connectivity index (χ1) is 10.8. The van der Waals surface area contributed by atoms with Crippen molar-refractivity contribution in [2.24, 2.45) is 23.3 Å². The lowest BCUT2D eigenvalue weighted by molar-refractivity contribution is -0.128. The molecular formula is C16H30N4O3. The van der Waals surface area contributed by atoms with Crippen molar-refractivity contribution >= 4 is 17.7 Å². The van der Waals surface area contributed by atoms with Gasteiger partial charge in [0.05, 0.1) is 12.6 Å². The maximum Gasteiger partial charge on any atom is 0.239 e. The number of nitrogens with two attached hydrogens (primary N) is 2. The summed E-state index contributed by atoms with van der Waals surface area (Å²) >= 11 is 0. The van der Waals surface area contributed by atoms with Crippen LogP contribution in [0.1, 0.15) is 52.4 Å². The minimum absolute atomic E-state index is 0.00269. The monoisotopic (exact) mass is 326 g/mol. The van der Waals surface area contributed by atoms with Crippen molar-refractivity contribution < 1.29 is 14.4 Å². The molecule has 0 radical (unpaired) electrons. The molecule has 0 bridgehead atoms. The van der Waals surface area contributed by atoms with Crippen LogP contribution in [0.15, 0.2) is 0 Å². The van der Waals surface area contributed by atoms with Crippen LogP contribution in [0.3, 0.4) is 0 Å². The molecule has 1 rings (SSSR count). The molecule has 1 fully saturated rings. The van der Waals surface area contributed by atoms with Crippen molar-refractivity contribution in [3.8, 4) is 0 Å². The number of hydrogen-bond donors (Lipinski definition) is 4. The number of amides is 3. The van der Waals surface area contributed by atoms with E-state index in [0.29, 0.717) is 0 Å². The third-order valence-electron chi connectivity index (χ3n) is 4.43. The van der Waals surface area contributed by atoms with Crippen molar-refractivity contribution in [1.82, 2.24) is 10.6 Å². The first-order valence-electron chi connectivity index (χ1n) is 8.42. The van der Waals surface area contributed by atoms with E-state index in [1.165, 1.54) is 6.42 Å². The third kappa shape index (κ3) is 6.99. The first-order valence-corrected chi connectivity index (χ1v) is 8.42. The predicted octanol–water partition coefficient (Wildman–Crippen LogP) is 0.0264. The second-order valence-electron chi connectivity index (χ2n) is 6.73. The molecule has 1 unspecified atom stereocenters. The highest BCUT2D eigenvalue weighted by Gasteiger charge is 2.27. The molecule has 2 atom stereocenters. The molecule has 3 amide bonds. The van der Waals surface area contributed by atoms with Gasteiger partial charge >= 0.3 is 0 Å². The Labute approximate surface area is 137 Å². The fourth-order valence-electron chi connectivity index (χ4n) is 2.93. The summed E-state index contributed by atoms with van der Waals surface area (Å²) in [6, 6.07) is -0.890. The molecule has 0 spiro atoms. The van der Waals surface area contributed by atoms with Gasteiger partial charge in [0.15, 0.2) is 0 Å². The van der Waals surface area contributed by atoms with Crippen molar-refractivity contribution in [1.29, 1.82) is 0 Å². The molecule has 0 aromatic carbocycles. The second-order valence-corrected chi connectivity index (χ2v) is 6.73. The van der Waals surface area contributed by atoms with Gasteiger partial charge < -0.3 is 22.1 Å². The molecule has 1 aliphatic rings. The minimum atomic E-state index is -0.637. The van der Waals surface area contributed by atoms with Crippen LogP contribution in [0, 0.1) is 11.8 Å². The fourth-order valence-corrected chi connectivity index (χ4v) is 2.93. The Bertz CT molecular complexity index is 420. The van der Waals surface area contributed by atoms with E-state index in [4.69, 9.17) is 11.5 Å². The van der Waals surface area contributed by atoms with E-state index in [2.05, 4.69) is 10.6 Å². The van der Waals surface area contributed by atoms with Gasteiger partial charge in [-0.2, -0.15) is 0 Å². The van der Waals surface area contributed by atoms with E-state index in [0.717, 1.165) is 25.7 Å². The lowest BCUT2D eigenvalue weighted by atomic mass is 9.82. The van der Waals surface area contributed by atoms with Crippen LogP contribution in [0.4, 0.5) is 0 Å². The highest BCUT2D eigenvalue weighted by atomic mass is 16.2. The molecule has 1 aliphatic carbocycles. The van der Waals surface area contributed by atoms with Gasteiger partial charge in [-0.25, -0.2) is 0 Å². The maximum absolute atomic E-state index is 12.1. The summed E-state index contributed by atoms with van der Waals surface area (Å²) in [7, 11) is 0. The van der Waals surface area contributed by atoms with Gasteiger partial charge in [-0.1, -0.05) is 33.1 Å². The Morgan fingerprint density at radius 2 is 1.74 bits per heavy atom. The number of rotatable bonds is 8. The highest BCUT2D eigenvalue weighted by molar-refractivity contribution is 5.87. The van der Waals surface area contributed by atoms with Crippen LogP contribution >= 0.6 is 0 Å². The Morgan fingerprint density at radius 1 is 1.13 bits per heavy atom. The van der Waals surface area contributed by atoms with Gasteiger partial charge in [0.25, 0.3) is 0 Å². The van der Waals surface area contributed by atoms with Gasteiger partial charge in [0, 0.05) is 12.5 Å². The lowest BCUT2D eigenvalue weighted by Gasteiger charge is -2.30. The van der Waals surface area contributed by atoms with Crippen LogP contribution in [-0.2, 0) is 14.4 Å². The summed E-state index contributed by atoms with van der Waals surface area (Å²) in [5, 5.41) is 5.38. The molecule has 23 heavy (non-hydrogen) atoms. The molecule has 6 N–H and O–H groups in total. The topological polar surface area (TPSA) is 127 Å². The Balaban J connectivity index is 2.49. The van der Waals surface area contributed by atoms with Crippen LogP contribution in [-0.4, -0.2) is 36.3 Å². The van der Waals surface area contributed by atoms with E-state index in [-0.39, 0.29) is 42.7 Å². The number of primary amides is 1. The number of hydrogen-bond acceptors (Lipinski definition) is 4. The highest BCUT2D eigenvalue weighted by Crippen LogP contribution is 2.27. The largest absolute Gasteiger partial charge is 0.370 e. The van der Waals surface area contributed by atoms with E-state index in [1.54, 1.807) is 0 Å². The van der Waals surface area contributed by atoms with Gasteiger partial charge in [-0.05, 0) is 24.7 Å². The van der Waals surface area contributed by atoms with Crippen LogP contribution in [0.25, 0.3) is 0 Å². The Hall–Kier alpha value is -1.63. The standard InChI is InChI=1S/C16H30N4O3/c1-10(2)15(18)16(23)19-9-14(22)20-12(8-13(17)21)11-6-4-3-5-7-11/h10-12,15H,3-9,18H2,1-2H3,(H2,17,21)(H,19,23)(H,20,22)/t12?,15-/m0/s1. The normalized spacial score (nSPS) is 18.3. The van der Waals surface area contributed by atoms with Gasteiger partial charge in [0.1, 0.15) is 0 Å². The molecule has 7 nitrogen and oxygen atoms in total. The summed E-state index contributed by atoms with van der Waals surface area (Å²) in [6.07, 6.45) is 5.52. The molecule has 0 aliphatic heterocycles. The molecule has 132 valence electrons. The van der Waals surface area contributed by atoms with Gasteiger partial charge in [-0.15, -0.1) is 0 Å². The molecule has 1 saturated carbocycles. The molecular weight excluding hydrogens is 296 g/mol. The SMILES string of the molecule is CC(C)[C@H](N)C(=O)NCC(=O)NC(CC(N)=O)C1CCCCC1. The molecule has 7 heteroatoms. The minimum Gasteiger partial charge on any atom is -0.370 e. The van der Waals surface area contributed by atoms with Crippen molar-refractivity contribution in [2.75, 3.05) is 6.54 Å². The van der Waals surface area contributed by atoms with Gasteiger partial charge in [-0.3, -0.25) is 14.4 Å².